The van der Waals surface area contributed by atoms with Crippen molar-refractivity contribution < 1.29 is 4.74 Å². The Morgan fingerprint density at radius 2 is 1.73 bits per heavy atom. The first-order valence-corrected chi connectivity index (χ1v) is 10.2. The van der Waals surface area contributed by atoms with E-state index in [1.165, 1.54) is 11.9 Å². The molecule has 1 N–H and O–H groups in total. The van der Waals surface area contributed by atoms with Gasteiger partial charge in [-0.15, -0.1) is 0 Å². The first-order valence-electron chi connectivity index (χ1n) is 8.18. The maximum Gasteiger partial charge on any atom is 0.150 e. The molecule has 0 aliphatic carbocycles. The van der Waals surface area contributed by atoms with E-state index in [0.717, 1.165) is 26.3 Å². The summed E-state index contributed by atoms with van der Waals surface area (Å²) in [5, 5.41) is 0.620. The number of pyridine rings is 1. The zero-order valence-corrected chi connectivity index (χ0v) is 16.9. The van der Waals surface area contributed by atoms with E-state index in [4.69, 9.17) is 16.3 Å². The molecule has 0 saturated carbocycles. The van der Waals surface area contributed by atoms with Crippen molar-refractivity contribution in [3.63, 3.8) is 0 Å². The van der Waals surface area contributed by atoms with Gasteiger partial charge in [0.15, 0.2) is 0 Å². The van der Waals surface area contributed by atoms with Crippen LogP contribution in [0.1, 0.15) is 13.8 Å². The number of nitrogens with one attached hydrogen (secondary N) is 1. The van der Waals surface area contributed by atoms with Gasteiger partial charge < -0.3 is 9.46 Å². The number of benzene rings is 2. The molecule has 0 aliphatic heterocycles. The summed E-state index contributed by atoms with van der Waals surface area (Å²) in [7, 11) is 0. The van der Waals surface area contributed by atoms with Gasteiger partial charge in [-0.1, -0.05) is 41.6 Å². The highest BCUT2D eigenvalue weighted by atomic mass is 35.5. The SMILES string of the molecule is CC(C)Oc1ccc(SNc2ncc(Cl)cc2Sc2ccccc2)cc1. The molecule has 0 saturated heterocycles. The van der Waals surface area contributed by atoms with Crippen LogP contribution in [0.4, 0.5) is 5.82 Å². The topological polar surface area (TPSA) is 34.1 Å². The van der Waals surface area contributed by atoms with Crippen LogP contribution in [0.3, 0.4) is 0 Å². The minimum absolute atomic E-state index is 0.169. The molecule has 3 rings (SSSR count). The molecule has 26 heavy (non-hydrogen) atoms. The van der Waals surface area contributed by atoms with Gasteiger partial charge in [0.2, 0.25) is 0 Å². The average molecular weight is 403 g/mol. The van der Waals surface area contributed by atoms with Gasteiger partial charge in [0, 0.05) is 16.0 Å². The van der Waals surface area contributed by atoms with Gasteiger partial charge in [0.25, 0.3) is 0 Å². The number of anilines is 1. The van der Waals surface area contributed by atoms with Gasteiger partial charge in [-0.3, -0.25) is 0 Å². The first-order chi connectivity index (χ1) is 12.6. The summed E-state index contributed by atoms with van der Waals surface area (Å²) in [6, 6.07) is 20.1. The summed E-state index contributed by atoms with van der Waals surface area (Å²) in [6.45, 7) is 4.03. The summed E-state index contributed by atoms with van der Waals surface area (Å²) in [6.07, 6.45) is 1.82. The molecule has 0 amide bonds. The lowest BCUT2D eigenvalue weighted by atomic mass is 10.3. The molecule has 1 aromatic heterocycles. The van der Waals surface area contributed by atoms with Crippen molar-refractivity contribution in [2.45, 2.75) is 34.6 Å². The number of ether oxygens (including phenoxy) is 1. The van der Waals surface area contributed by atoms with E-state index in [-0.39, 0.29) is 6.10 Å². The number of hydrogen-bond acceptors (Lipinski definition) is 5. The predicted molar refractivity (Wildman–Crippen MR) is 111 cm³/mol. The normalized spacial score (nSPS) is 10.8. The minimum Gasteiger partial charge on any atom is -0.491 e. The van der Waals surface area contributed by atoms with Crippen LogP contribution < -0.4 is 9.46 Å². The van der Waals surface area contributed by atoms with E-state index >= 15 is 0 Å². The first kappa shape index (κ1) is 19.0. The Hall–Kier alpha value is -1.82. The fourth-order valence-corrected chi connectivity index (χ4v) is 4.03. The Morgan fingerprint density at radius 3 is 2.42 bits per heavy atom. The van der Waals surface area contributed by atoms with Crippen molar-refractivity contribution >= 4 is 41.1 Å². The lowest BCUT2D eigenvalue weighted by Crippen LogP contribution is -2.05. The van der Waals surface area contributed by atoms with Crippen molar-refractivity contribution in [2.24, 2.45) is 0 Å². The monoisotopic (exact) mass is 402 g/mol. The maximum atomic E-state index is 6.13. The van der Waals surface area contributed by atoms with E-state index in [0.29, 0.717) is 5.02 Å². The molecule has 0 bridgehead atoms. The highest BCUT2D eigenvalue weighted by Crippen LogP contribution is 2.35. The lowest BCUT2D eigenvalue weighted by Gasteiger charge is -2.12. The Bertz CT molecular complexity index is 842. The van der Waals surface area contributed by atoms with Crippen molar-refractivity contribution in [1.82, 2.24) is 4.98 Å². The molecule has 0 atom stereocenters. The lowest BCUT2D eigenvalue weighted by molar-refractivity contribution is 0.242. The summed E-state index contributed by atoms with van der Waals surface area (Å²) < 4.78 is 8.99. The Labute approximate surface area is 167 Å². The van der Waals surface area contributed by atoms with E-state index in [9.17, 15) is 0 Å². The summed E-state index contributed by atoms with van der Waals surface area (Å²) in [5.41, 5.74) is 0. The highest BCUT2D eigenvalue weighted by molar-refractivity contribution is 8.01. The largest absolute Gasteiger partial charge is 0.491 e. The summed E-state index contributed by atoms with van der Waals surface area (Å²) in [5.74, 6) is 1.66. The number of nitrogens with zero attached hydrogens (tertiary/aromatic N) is 1. The smallest absolute Gasteiger partial charge is 0.150 e. The minimum atomic E-state index is 0.169. The molecule has 0 fully saturated rings. The van der Waals surface area contributed by atoms with Gasteiger partial charge >= 0.3 is 0 Å². The van der Waals surface area contributed by atoms with Crippen LogP contribution in [-0.2, 0) is 0 Å². The van der Waals surface area contributed by atoms with Crippen molar-refractivity contribution in [1.29, 1.82) is 0 Å². The molecule has 134 valence electrons. The van der Waals surface area contributed by atoms with Crippen LogP contribution >= 0.6 is 35.3 Å². The fraction of sp³-hybridized carbons (Fsp3) is 0.150. The van der Waals surface area contributed by atoms with E-state index in [1.807, 2.05) is 62.4 Å². The summed E-state index contributed by atoms with van der Waals surface area (Å²) >= 11 is 9.27. The van der Waals surface area contributed by atoms with Gasteiger partial charge in [0.05, 0.1) is 16.0 Å². The Kier molecular flexibility index (Phi) is 6.72. The highest BCUT2D eigenvalue weighted by Gasteiger charge is 2.08. The van der Waals surface area contributed by atoms with E-state index in [1.54, 1.807) is 18.0 Å². The molecule has 0 spiro atoms. The third-order valence-corrected chi connectivity index (χ3v) is 5.30. The zero-order chi connectivity index (χ0) is 18.4. The standard InChI is InChI=1S/C20H19ClN2OS2/c1-14(2)24-16-8-10-18(11-9-16)26-23-20-19(12-15(21)13-22-20)25-17-6-4-3-5-7-17/h3-14H,1-2H3,(H,22,23). The molecule has 6 heteroatoms. The molecule has 3 nitrogen and oxygen atoms in total. The Balaban J connectivity index is 1.69. The quantitative estimate of drug-likeness (QED) is 0.440. The average Bonchev–Trinajstić information content (AvgIpc) is 2.63. The summed E-state index contributed by atoms with van der Waals surface area (Å²) in [4.78, 5) is 7.64. The van der Waals surface area contributed by atoms with Crippen molar-refractivity contribution in [3.8, 4) is 5.75 Å². The van der Waals surface area contributed by atoms with Crippen molar-refractivity contribution in [3.05, 3.63) is 71.9 Å². The van der Waals surface area contributed by atoms with Gasteiger partial charge in [-0.25, -0.2) is 4.98 Å². The molecule has 3 aromatic rings. The second kappa shape index (κ2) is 9.21. The number of halogens is 1. The van der Waals surface area contributed by atoms with Gasteiger partial charge in [-0.2, -0.15) is 0 Å². The molecular formula is C20H19ClN2OS2. The third kappa shape index (κ3) is 5.59. The predicted octanol–water partition coefficient (Wildman–Crippen LogP) is 6.79. The van der Waals surface area contributed by atoms with Gasteiger partial charge in [0.1, 0.15) is 11.6 Å². The number of rotatable bonds is 7. The molecule has 2 aromatic carbocycles. The van der Waals surface area contributed by atoms with Crippen LogP contribution in [0.15, 0.2) is 81.5 Å². The Morgan fingerprint density at radius 1 is 1.00 bits per heavy atom. The number of hydrogen-bond donors (Lipinski definition) is 1. The van der Waals surface area contributed by atoms with E-state index in [2.05, 4.69) is 21.8 Å². The number of aromatic nitrogens is 1. The van der Waals surface area contributed by atoms with Crippen LogP contribution in [0.2, 0.25) is 5.02 Å². The second-order valence-corrected chi connectivity index (χ2v) is 8.19. The van der Waals surface area contributed by atoms with Gasteiger partial charge in [-0.05, 0) is 68.3 Å². The molecule has 0 radical (unpaired) electrons. The van der Waals surface area contributed by atoms with Crippen LogP contribution in [-0.4, -0.2) is 11.1 Å². The fourth-order valence-electron chi connectivity index (χ4n) is 2.16. The zero-order valence-electron chi connectivity index (χ0n) is 14.5. The molecular weight excluding hydrogens is 384 g/mol. The molecule has 1 heterocycles. The van der Waals surface area contributed by atoms with Crippen LogP contribution in [0.5, 0.6) is 5.75 Å². The van der Waals surface area contributed by atoms with Crippen LogP contribution in [0.25, 0.3) is 0 Å². The second-order valence-electron chi connectivity index (χ2n) is 5.76. The molecule has 0 aliphatic rings. The molecule has 0 unspecified atom stereocenters. The van der Waals surface area contributed by atoms with Crippen molar-refractivity contribution in [2.75, 3.05) is 4.72 Å². The third-order valence-electron chi connectivity index (χ3n) is 3.25. The van der Waals surface area contributed by atoms with Crippen LogP contribution in [0, 0.1) is 0 Å². The maximum absolute atomic E-state index is 6.13. The van der Waals surface area contributed by atoms with E-state index < -0.39 is 0 Å².